The van der Waals surface area contributed by atoms with Crippen LogP contribution in [0.4, 0.5) is 4.39 Å². The van der Waals surface area contributed by atoms with Gasteiger partial charge in [-0.3, -0.25) is 4.79 Å². The molecule has 2 aromatic rings. The molecule has 0 radical (unpaired) electrons. The van der Waals surface area contributed by atoms with Crippen LogP contribution in [0.2, 0.25) is 0 Å². The summed E-state index contributed by atoms with van der Waals surface area (Å²) in [5, 5.41) is 0. The average Bonchev–Trinajstić information content (AvgIpc) is 2.84. The highest BCUT2D eigenvalue weighted by atomic mass is 19.1. The van der Waals surface area contributed by atoms with Crippen molar-refractivity contribution in [1.29, 1.82) is 0 Å². The van der Waals surface area contributed by atoms with Gasteiger partial charge in [-0.1, -0.05) is 0 Å². The second-order valence-corrected chi connectivity index (χ2v) is 3.93. The van der Waals surface area contributed by atoms with Crippen molar-refractivity contribution < 1.29 is 23.1 Å². The van der Waals surface area contributed by atoms with Gasteiger partial charge >= 0.3 is 0 Å². The maximum absolute atomic E-state index is 13.9. The Labute approximate surface area is 109 Å². The SMILES string of the molecule is COc1cc(F)c(C(=O)c2ccc(C)o2)cc1OC. The number of benzene rings is 1. The molecule has 0 saturated carbocycles. The van der Waals surface area contributed by atoms with Gasteiger partial charge in [0.1, 0.15) is 11.6 Å². The number of carbonyl (C=O) groups is 1. The molecule has 0 aliphatic carbocycles. The van der Waals surface area contributed by atoms with Crippen LogP contribution in [-0.4, -0.2) is 20.0 Å². The Morgan fingerprint density at radius 2 is 1.79 bits per heavy atom. The van der Waals surface area contributed by atoms with E-state index in [-0.39, 0.29) is 22.8 Å². The van der Waals surface area contributed by atoms with E-state index in [4.69, 9.17) is 13.9 Å². The Balaban J connectivity index is 2.47. The van der Waals surface area contributed by atoms with Crippen molar-refractivity contribution in [2.75, 3.05) is 14.2 Å². The molecule has 0 aliphatic rings. The minimum absolute atomic E-state index is 0.0867. The Bertz CT molecular complexity index is 616. The standard InChI is InChI=1S/C14H13FO4/c1-8-4-5-11(19-8)14(16)9-6-12(17-2)13(18-3)7-10(9)15/h4-7H,1-3H3. The number of methoxy groups -OCH3 is 2. The van der Waals surface area contributed by atoms with Crippen molar-refractivity contribution >= 4 is 5.78 Å². The fourth-order valence-corrected chi connectivity index (χ4v) is 1.72. The highest BCUT2D eigenvalue weighted by Gasteiger charge is 2.20. The van der Waals surface area contributed by atoms with Crippen LogP contribution in [-0.2, 0) is 0 Å². The van der Waals surface area contributed by atoms with Gasteiger partial charge in [-0.15, -0.1) is 0 Å². The fourth-order valence-electron chi connectivity index (χ4n) is 1.72. The molecule has 0 atom stereocenters. The highest BCUT2D eigenvalue weighted by Crippen LogP contribution is 2.31. The molecule has 0 amide bonds. The van der Waals surface area contributed by atoms with Gasteiger partial charge in [-0.05, 0) is 25.1 Å². The van der Waals surface area contributed by atoms with E-state index in [0.29, 0.717) is 5.76 Å². The molecular formula is C14H13FO4. The summed E-state index contributed by atoms with van der Waals surface area (Å²) < 4.78 is 29.1. The number of furan rings is 1. The number of aryl methyl sites for hydroxylation is 1. The second-order valence-electron chi connectivity index (χ2n) is 3.93. The van der Waals surface area contributed by atoms with Gasteiger partial charge in [0.2, 0.25) is 5.78 Å². The summed E-state index contributed by atoms with van der Waals surface area (Å²) in [5.41, 5.74) is -0.119. The van der Waals surface area contributed by atoms with E-state index in [1.54, 1.807) is 13.0 Å². The first kappa shape index (κ1) is 13.1. The van der Waals surface area contributed by atoms with Gasteiger partial charge in [-0.2, -0.15) is 0 Å². The van der Waals surface area contributed by atoms with Gasteiger partial charge in [0, 0.05) is 6.07 Å². The lowest BCUT2D eigenvalue weighted by Gasteiger charge is -2.09. The number of carbonyl (C=O) groups excluding carboxylic acids is 1. The van der Waals surface area contributed by atoms with Gasteiger partial charge in [0.05, 0.1) is 19.8 Å². The van der Waals surface area contributed by atoms with Gasteiger partial charge < -0.3 is 13.9 Å². The Hall–Kier alpha value is -2.30. The summed E-state index contributed by atoms with van der Waals surface area (Å²) >= 11 is 0. The number of rotatable bonds is 4. The topological polar surface area (TPSA) is 48.7 Å². The summed E-state index contributed by atoms with van der Waals surface area (Å²) in [6.45, 7) is 1.71. The van der Waals surface area contributed by atoms with Crippen LogP contribution < -0.4 is 9.47 Å². The predicted molar refractivity (Wildman–Crippen MR) is 66.4 cm³/mol. The maximum atomic E-state index is 13.9. The Kier molecular flexibility index (Phi) is 3.55. The number of halogens is 1. The van der Waals surface area contributed by atoms with Crippen LogP contribution >= 0.6 is 0 Å². The molecule has 4 nitrogen and oxygen atoms in total. The van der Waals surface area contributed by atoms with E-state index in [9.17, 15) is 9.18 Å². The van der Waals surface area contributed by atoms with E-state index in [2.05, 4.69) is 0 Å². The molecule has 0 aliphatic heterocycles. The van der Waals surface area contributed by atoms with E-state index in [0.717, 1.165) is 6.07 Å². The number of hydrogen-bond acceptors (Lipinski definition) is 4. The van der Waals surface area contributed by atoms with Crippen LogP contribution in [0.5, 0.6) is 11.5 Å². The molecule has 1 aromatic carbocycles. The molecule has 5 heteroatoms. The first-order chi connectivity index (χ1) is 9.06. The number of ether oxygens (including phenoxy) is 2. The van der Waals surface area contributed by atoms with Gasteiger partial charge in [-0.25, -0.2) is 4.39 Å². The second kappa shape index (κ2) is 5.14. The molecule has 0 unspecified atom stereocenters. The molecular weight excluding hydrogens is 251 g/mol. The first-order valence-corrected chi connectivity index (χ1v) is 5.59. The van der Waals surface area contributed by atoms with Gasteiger partial charge in [0.15, 0.2) is 17.3 Å². The predicted octanol–water partition coefficient (Wildman–Crippen LogP) is 2.98. The maximum Gasteiger partial charge on any atom is 0.231 e. The average molecular weight is 264 g/mol. The monoisotopic (exact) mass is 264 g/mol. The summed E-state index contributed by atoms with van der Waals surface area (Å²) in [5.74, 6) is -0.0289. The molecule has 1 aromatic heterocycles. The third kappa shape index (κ3) is 2.45. The zero-order valence-electron chi connectivity index (χ0n) is 10.8. The molecule has 1 heterocycles. The third-order valence-electron chi connectivity index (χ3n) is 2.68. The summed E-state index contributed by atoms with van der Waals surface area (Å²) in [6.07, 6.45) is 0. The smallest absolute Gasteiger partial charge is 0.231 e. The van der Waals surface area contributed by atoms with Crippen LogP contribution in [0, 0.1) is 12.7 Å². The molecule has 0 bridgehead atoms. The third-order valence-corrected chi connectivity index (χ3v) is 2.68. The first-order valence-electron chi connectivity index (χ1n) is 5.59. The summed E-state index contributed by atoms with van der Waals surface area (Å²) in [4.78, 5) is 12.1. The van der Waals surface area contributed by atoms with Crippen molar-refractivity contribution in [3.8, 4) is 11.5 Å². The lowest BCUT2D eigenvalue weighted by Crippen LogP contribution is -2.04. The largest absolute Gasteiger partial charge is 0.493 e. The van der Waals surface area contributed by atoms with Crippen molar-refractivity contribution in [3.63, 3.8) is 0 Å². The number of ketones is 1. The molecule has 0 N–H and O–H groups in total. The molecule has 0 saturated heterocycles. The van der Waals surface area contributed by atoms with Crippen molar-refractivity contribution in [3.05, 3.63) is 47.2 Å². The molecule has 19 heavy (non-hydrogen) atoms. The lowest BCUT2D eigenvalue weighted by molar-refractivity contribution is 0.100. The minimum atomic E-state index is -0.684. The zero-order valence-corrected chi connectivity index (χ0v) is 10.8. The van der Waals surface area contributed by atoms with E-state index in [1.165, 1.54) is 26.4 Å². The summed E-state index contributed by atoms with van der Waals surface area (Å²) in [7, 11) is 2.82. The Morgan fingerprint density at radius 1 is 1.16 bits per heavy atom. The summed E-state index contributed by atoms with van der Waals surface area (Å²) in [6, 6.07) is 5.57. The van der Waals surface area contributed by atoms with Crippen LogP contribution in [0.25, 0.3) is 0 Å². The van der Waals surface area contributed by atoms with Crippen molar-refractivity contribution in [2.45, 2.75) is 6.92 Å². The van der Waals surface area contributed by atoms with Crippen LogP contribution in [0.15, 0.2) is 28.7 Å². The van der Waals surface area contributed by atoms with Crippen molar-refractivity contribution in [2.24, 2.45) is 0 Å². The van der Waals surface area contributed by atoms with Crippen LogP contribution in [0.3, 0.4) is 0 Å². The lowest BCUT2D eigenvalue weighted by atomic mass is 10.1. The molecule has 100 valence electrons. The fraction of sp³-hybridized carbons (Fsp3) is 0.214. The van der Waals surface area contributed by atoms with E-state index < -0.39 is 11.6 Å². The molecule has 0 fully saturated rings. The Morgan fingerprint density at radius 3 is 2.32 bits per heavy atom. The van der Waals surface area contributed by atoms with Gasteiger partial charge in [0.25, 0.3) is 0 Å². The van der Waals surface area contributed by atoms with Crippen molar-refractivity contribution in [1.82, 2.24) is 0 Å². The minimum Gasteiger partial charge on any atom is -0.493 e. The highest BCUT2D eigenvalue weighted by molar-refractivity contribution is 6.07. The molecule has 0 spiro atoms. The van der Waals surface area contributed by atoms with E-state index in [1.807, 2.05) is 0 Å². The number of hydrogen-bond donors (Lipinski definition) is 0. The molecule has 2 rings (SSSR count). The normalized spacial score (nSPS) is 10.3. The zero-order chi connectivity index (χ0) is 14.0. The van der Waals surface area contributed by atoms with Crippen LogP contribution in [0.1, 0.15) is 21.9 Å². The van der Waals surface area contributed by atoms with E-state index >= 15 is 0 Å². The quantitative estimate of drug-likeness (QED) is 0.796.